The molecule has 0 aliphatic carbocycles. The molecule has 25 heavy (non-hydrogen) atoms. The lowest BCUT2D eigenvalue weighted by molar-refractivity contribution is -0.105. The van der Waals surface area contributed by atoms with Crippen LogP contribution in [0.5, 0.6) is 11.5 Å². The van der Waals surface area contributed by atoms with Gasteiger partial charge in [-0.1, -0.05) is 18.2 Å². The lowest BCUT2D eigenvalue weighted by Gasteiger charge is -2.15. The molecule has 6 heteroatoms. The van der Waals surface area contributed by atoms with E-state index in [1.54, 1.807) is 19.2 Å². The van der Waals surface area contributed by atoms with Crippen molar-refractivity contribution in [2.24, 2.45) is 0 Å². The third-order valence-corrected chi connectivity index (χ3v) is 3.69. The number of phenols is 1. The van der Waals surface area contributed by atoms with Gasteiger partial charge in [0.1, 0.15) is 11.5 Å². The first kappa shape index (κ1) is 18.4. The molecule has 2 aromatic carbocycles. The van der Waals surface area contributed by atoms with Crippen LogP contribution < -0.4 is 15.4 Å². The van der Waals surface area contributed by atoms with Gasteiger partial charge in [-0.25, -0.2) is 0 Å². The van der Waals surface area contributed by atoms with Crippen molar-refractivity contribution in [1.82, 2.24) is 5.32 Å². The highest BCUT2D eigenvalue weighted by molar-refractivity contribution is 5.75. The Balaban J connectivity index is 1.98. The van der Waals surface area contributed by atoms with Crippen LogP contribution in [0.1, 0.15) is 24.2 Å². The van der Waals surface area contributed by atoms with Crippen LogP contribution in [0.3, 0.4) is 0 Å². The average Bonchev–Trinajstić information content (AvgIpc) is 2.62. The van der Waals surface area contributed by atoms with Gasteiger partial charge in [0.15, 0.2) is 0 Å². The maximum absolute atomic E-state index is 10.5. The number of aliphatic hydroxyl groups is 1. The van der Waals surface area contributed by atoms with Crippen molar-refractivity contribution in [3.05, 3.63) is 59.3 Å². The zero-order valence-corrected chi connectivity index (χ0v) is 14.2. The number of carbonyl (C=O) groups is 1. The number of hydrogen-bond donors (Lipinski definition) is 4. The maximum Gasteiger partial charge on any atom is 0.211 e. The Bertz CT molecular complexity index is 742. The number of methoxy groups -OCH3 is 1. The number of aromatic hydroxyl groups is 1. The number of aliphatic hydroxyl groups excluding tert-OH is 1. The minimum atomic E-state index is -0.785. The molecule has 0 aliphatic rings. The quantitative estimate of drug-likeness (QED) is 0.437. The number of ether oxygens (including phenoxy) is 1. The van der Waals surface area contributed by atoms with Gasteiger partial charge < -0.3 is 25.6 Å². The summed E-state index contributed by atoms with van der Waals surface area (Å²) < 4.78 is 5.12. The Morgan fingerprint density at radius 1 is 1.24 bits per heavy atom. The van der Waals surface area contributed by atoms with E-state index in [4.69, 9.17) is 4.74 Å². The second-order valence-electron chi connectivity index (χ2n) is 5.54. The lowest BCUT2D eigenvalue weighted by atomic mass is 10.1. The van der Waals surface area contributed by atoms with E-state index < -0.39 is 6.10 Å². The molecular formula is C19H22N2O4. The summed E-state index contributed by atoms with van der Waals surface area (Å²) in [5.74, 6) is 0.747. The summed E-state index contributed by atoms with van der Waals surface area (Å²) in [4.78, 5) is 10.5. The second kappa shape index (κ2) is 8.75. The van der Waals surface area contributed by atoms with Crippen LogP contribution in [0, 0.1) is 0 Å². The van der Waals surface area contributed by atoms with Crippen molar-refractivity contribution in [3.8, 4) is 11.5 Å². The number of nitrogens with one attached hydrogen (secondary N) is 2. The number of allylic oxidation sites excluding steroid dienone is 1. The Kier molecular flexibility index (Phi) is 6.42. The molecule has 0 aromatic heterocycles. The summed E-state index contributed by atoms with van der Waals surface area (Å²) in [5, 5.41) is 25.5. The van der Waals surface area contributed by atoms with E-state index in [1.807, 2.05) is 37.3 Å². The molecule has 0 bridgehead atoms. The molecule has 132 valence electrons. The number of phenolic OH excluding ortho intramolecular Hbond substituents is 1. The van der Waals surface area contributed by atoms with Gasteiger partial charge in [0.25, 0.3) is 0 Å². The molecular weight excluding hydrogens is 320 g/mol. The van der Waals surface area contributed by atoms with E-state index in [1.165, 1.54) is 6.07 Å². The Morgan fingerprint density at radius 2 is 1.96 bits per heavy atom. The summed E-state index contributed by atoms with van der Waals surface area (Å²) in [6, 6.07) is 12.2. The molecule has 0 spiro atoms. The number of carbonyl (C=O) groups excluding carboxylic acids is 1. The van der Waals surface area contributed by atoms with Crippen LogP contribution >= 0.6 is 0 Å². The largest absolute Gasteiger partial charge is 0.506 e. The SMILES string of the molecule is COc1ccc(/C=C(\C)NCC(O)c2ccc(O)c(NC=O)c2)cc1. The topological polar surface area (TPSA) is 90.8 Å². The molecule has 0 heterocycles. The molecule has 0 saturated carbocycles. The molecule has 2 rings (SSSR count). The predicted octanol–water partition coefficient (Wildman–Crippen LogP) is 2.65. The minimum Gasteiger partial charge on any atom is -0.506 e. The van der Waals surface area contributed by atoms with Crippen molar-refractivity contribution < 1.29 is 19.7 Å². The normalized spacial score (nSPS) is 12.4. The van der Waals surface area contributed by atoms with Crippen LogP contribution in [0.4, 0.5) is 5.69 Å². The number of rotatable bonds is 8. The number of anilines is 1. The van der Waals surface area contributed by atoms with Gasteiger partial charge in [0.05, 0.1) is 18.9 Å². The van der Waals surface area contributed by atoms with Crippen molar-refractivity contribution >= 4 is 18.2 Å². The summed E-state index contributed by atoms with van der Waals surface area (Å²) in [6.45, 7) is 2.21. The van der Waals surface area contributed by atoms with Crippen LogP contribution in [0.2, 0.25) is 0 Å². The number of amides is 1. The smallest absolute Gasteiger partial charge is 0.211 e. The average molecular weight is 342 g/mol. The molecule has 4 N–H and O–H groups in total. The highest BCUT2D eigenvalue weighted by Gasteiger charge is 2.10. The van der Waals surface area contributed by atoms with E-state index >= 15 is 0 Å². The fourth-order valence-corrected chi connectivity index (χ4v) is 2.32. The van der Waals surface area contributed by atoms with E-state index in [0.29, 0.717) is 18.5 Å². The van der Waals surface area contributed by atoms with Gasteiger partial charge in [0, 0.05) is 12.2 Å². The van der Waals surface area contributed by atoms with E-state index in [2.05, 4.69) is 10.6 Å². The number of hydrogen-bond acceptors (Lipinski definition) is 5. The highest BCUT2D eigenvalue weighted by atomic mass is 16.5. The van der Waals surface area contributed by atoms with Crippen LogP contribution in [-0.2, 0) is 4.79 Å². The fraction of sp³-hybridized carbons (Fsp3) is 0.211. The molecule has 0 fully saturated rings. The molecule has 1 atom stereocenters. The summed E-state index contributed by atoms with van der Waals surface area (Å²) >= 11 is 0. The van der Waals surface area contributed by atoms with Gasteiger partial charge in [-0.05, 0) is 48.4 Å². The maximum atomic E-state index is 10.5. The standard InChI is InChI=1S/C19H22N2O4/c1-13(9-14-3-6-16(25-2)7-4-14)20-11-19(24)15-5-8-18(23)17(10-15)21-12-22/h3-10,12,19-20,23-24H,11H2,1-2H3,(H,21,22)/b13-9+. The predicted molar refractivity (Wildman–Crippen MR) is 97.4 cm³/mol. The van der Waals surface area contributed by atoms with Crippen LogP contribution in [0.25, 0.3) is 6.08 Å². The molecule has 1 unspecified atom stereocenters. The highest BCUT2D eigenvalue weighted by Crippen LogP contribution is 2.26. The third-order valence-electron chi connectivity index (χ3n) is 3.69. The van der Waals surface area contributed by atoms with Gasteiger partial charge in [-0.2, -0.15) is 0 Å². The third kappa shape index (κ3) is 5.26. The van der Waals surface area contributed by atoms with Gasteiger partial charge in [-0.15, -0.1) is 0 Å². The zero-order chi connectivity index (χ0) is 18.2. The monoisotopic (exact) mass is 342 g/mol. The second-order valence-corrected chi connectivity index (χ2v) is 5.54. The number of benzene rings is 2. The lowest BCUT2D eigenvalue weighted by Crippen LogP contribution is -2.19. The first-order valence-electron chi connectivity index (χ1n) is 7.81. The van der Waals surface area contributed by atoms with Crippen molar-refractivity contribution in [2.45, 2.75) is 13.0 Å². The Hall–Kier alpha value is -2.99. The Morgan fingerprint density at radius 3 is 2.60 bits per heavy atom. The zero-order valence-electron chi connectivity index (χ0n) is 14.2. The van der Waals surface area contributed by atoms with E-state index in [0.717, 1.165) is 17.0 Å². The first-order valence-corrected chi connectivity index (χ1v) is 7.81. The molecule has 0 aliphatic heterocycles. The summed E-state index contributed by atoms with van der Waals surface area (Å²) in [7, 11) is 1.62. The van der Waals surface area contributed by atoms with Crippen LogP contribution in [-0.4, -0.2) is 30.3 Å². The van der Waals surface area contributed by atoms with Crippen molar-refractivity contribution in [1.29, 1.82) is 0 Å². The molecule has 0 radical (unpaired) electrons. The molecule has 1 amide bonds. The van der Waals surface area contributed by atoms with Gasteiger partial charge in [0.2, 0.25) is 6.41 Å². The minimum absolute atomic E-state index is 0.0495. The van der Waals surface area contributed by atoms with Gasteiger partial charge >= 0.3 is 0 Å². The summed E-state index contributed by atoms with van der Waals surface area (Å²) in [5.41, 5.74) is 2.76. The van der Waals surface area contributed by atoms with Crippen molar-refractivity contribution in [3.63, 3.8) is 0 Å². The fourth-order valence-electron chi connectivity index (χ4n) is 2.32. The molecule has 0 saturated heterocycles. The van der Waals surface area contributed by atoms with E-state index in [-0.39, 0.29) is 11.4 Å². The first-order chi connectivity index (χ1) is 12.0. The van der Waals surface area contributed by atoms with Gasteiger partial charge in [-0.3, -0.25) is 4.79 Å². The molecule has 6 nitrogen and oxygen atoms in total. The Labute approximate surface area is 146 Å². The summed E-state index contributed by atoms with van der Waals surface area (Å²) in [6.07, 6.45) is 1.65. The van der Waals surface area contributed by atoms with Crippen LogP contribution in [0.15, 0.2) is 48.2 Å². The van der Waals surface area contributed by atoms with Crippen molar-refractivity contribution in [2.75, 3.05) is 19.0 Å². The van der Waals surface area contributed by atoms with E-state index in [9.17, 15) is 15.0 Å². The molecule has 2 aromatic rings.